The predicted octanol–water partition coefficient (Wildman–Crippen LogP) is 2.24. The Kier molecular flexibility index (Phi) is 4.26. The second kappa shape index (κ2) is 5.94. The van der Waals surface area contributed by atoms with Gasteiger partial charge in [0, 0.05) is 11.3 Å². The van der Waals surface area contributed by atoms with Gasteiger partial charge in [0.15, 0.2) is 0 Å². The van der Waals surface area contributed by atoms with Crippen LogP contribution in [-0.4, -0.2) is 21.8 Å². The fourth-order valence-corrected chi connectivity index (χ4v) is 2.07. The minimum absolute atomic E-state index is 0.661. The van der Waals surface area contributed by atoms with E-state index in [4.69, 9.17) is 4.74 Å². The lowest BCUT2D eigenvalue weighted by atomic mass is 10.0. The molecule has 0 amide bonds. The summed E-state index contributed by atoms with van der Waals surface area (Å²) in [7, 11) is -1.65. The van der Waals surface area contributed by atoms with Crippen molar-refractivity contribution in [2.75, 3.05) is 18.8 Å². The van der Waals surface area contributed by atoms with Gasteiger partial charge in [-0.3, -0.25) is 0 Å². The Morgan fingerprint density at radius 1 is 1.00 bits per heavy atom. The first-order valence-electron chi connectivity index (χ1n) is 5.96. The summed E-state index contributed by atoms with van der Waals surface area (Å²) in [5, 5.41) is 0. The van der Waals surface area contributed by atoms with Crippen LogP contribution in [0.15, 0.2) is 48.5 Å². The van der Waals surface area contributed by atoms with Gasteiger partial charge in [-0.1, -0.05) is 30.3 Å². The van der Waals surface area contributed by atoms with Gasteiger partial charge in [0.1, 0.15) is 5.75 Å². The number of sulfonamides is 1. The van der Waals surface area contributed by atoms with E-state index in [9.17, 15) is 8.42 Å². The fourth-order valence-electron chi connectivity index (χ4n) is 1.77. The number of hydrogen-bond donors (Lipinski definition) is 2. The number of ether oxygens (including phenoxy) is 1. The number of methoxy groups -OCH3 is 1. The molecule has 0 saturated heterocycles. The van der Waals surface area contributed by atoms with Gasteiger partial charge >= 0.3 is 0 Å². The molecule has 2 aromatic rings. The summed E-state index contributed by atoms with van der Waals surface area (Å²) in [6.07, 6.45) is 1.09. The molecule has 0 aromatic heterocycles. The Hall–Kier alpha value is -2.05. The second-order valence-electron chi connectivity index (χ2n) is 4.28. The van der Waals surface area contributed by atoms with Crippen molar-refractivity contribution in [1.82, 2.24) is 4.83 Å². The van der Waals surface area contributed by atoms with E-state index >= 15 is 0 Å². The summed E-state index contributed by atoms with van der Waals surface area (Å²) in [6.45, 7) is 0. The quantitative estimate of drug-likeness (QED) is 0.829. The van der Waals surface area contributed by atoms with E-state index in [1.807, 2.05) is 36.4 Å². The molecule has 0 spiro atoms. The zero-order valence-electron chi connectivity index (χ0n) is 11.3. The van der Waals surface area contributed by atoms with Crippen molar-refractivity contribution in [3.05, 3.63) is 48.5 Å². The SMILES string of the molecule is COc1ccccc1-c1ccc(NNS(C)(=O)=O)cc1. The highest BCUT2D eigenvalue weighted by Crippen LogP contribution is 2.30. The second-order valence-corrected chi connectivity index (χ2v) is 6.03. The molecule has 0 heterocycles. The largest absolute Gasteiger partial charge is 0.496 e. The Morgan fingerprint density at radius 3 is 2.25 bits per heavy atom. The maximum absolute atomic E-state index is 11.0. The molecule has 0 aliphatic rings. The summed E-state index contributed by atoms with van der Waals surface area (Å²) in [5.41, 5.74) is 5.26. The van der Waals surface area contributed by atoms with Crippen LogP contribution in [0.4, 0.5) is 5.69 Å². The van der Waals surface area contributed by atoms with Gasteiger partial charge in [0.2, 0.25) is 10.0 Å². The number of anilines is 1. The van der Waals surface area contributed by atoms with Crippen LogP contribution < -0.4 is 15.0 Å². The molecular weight excluding hydrogens is 276 g/mol. The van der Waals surface area contributed by atoms with Gasteiger partial charge in [-0.2, -0.15) is 0 Å². The number of rotatable bonds is 5. The third-order valence-electron chi connectivity index (χ3n) is 2.68. The first-order valence-corrected chi connectivity index (χ1v) is 7.85. The van der Waals surface area contributed by atoms with Gasteiger partial charge in [-0.15, -0.1) is 4.83 Å². The lowest BCUT2D eigenvalue weighted by Crippen LogP contribution is -2.27. The average molecular weight is 292 g/mol. The normalized spacial score (nSPS) is 11.1. The number of para-hydroxylation sites is 1. The van der Waals surface area contributed by atoms with Crippen molar-refractivity contribution in [2.45, 2.75) is 0 Å². The third-order valence-corrected chi connectivity index (χ3v) is 3.16. The summed E-state index contributed by atoms with van der Waals surface area (Å²) in [4.78, 5) is 2.22. The van der Waals surface area contributed by atoms with Crippen LogP contribution in [0.1, 0.15) is 0 Å². The molecular formula is C14H16N2O3S. The van der Waals surface area contributed by atoms with Gasteiger partial charge < -0.3 is 10.2 Å². The predicted molar refractivity (Wildman–Crippen MR) is 80.0 cm³/mol. The Balaban J connectivity index is 2.20. The number of hydrogen-bond acceptors (Lipinski definition) is 4. The van der Waals surface area contributed by atoms with Crippen molar-refractivity contribution in [3.63, 3.8) is 0 Å². The molecule has 0 radical (unpaired) electrons. The first kappa shape index (κ1) is 14.4. The van der Waals surface area contributed by atoms with Crippen LogP contribution in [-0.2, 0) is 10.0 Å². The number of benzene rings is 2. The minimum Gasteiger partial charge on any atom is -0.496 e. The third kappa shape index (κ3) is 3.72. The Bertz CT molecular complexity index is 682. The molecule has 6 heteroatoms. The molecule has 0 fully saturated rings. The lowest BCUT2D eigenvalue weighted by molar-refractivity contribution is 0.416. The average Bonchev–Trinajstić information content (AvgIpc) is 2.45. The topological polar surface area (TPSA) is 67.4 Å². The molecule has 0 aliphatic heterocycles. The van der Waals surface area contributed by atoms with E-state index in [0.29, 0.717) is 5.69 Å². The maximum Gasteiger partial charge on any atom is 0.225 e. The summed E-state index contributed by atoms with van der Waals surface area (Å²) < 4.78 is 27.3. The van der Waals surface area contributed by atoms with Gasteiger partial charge in [0.05, 0.1) is 13.4 Å². The highest BCUT2D eigenvalue weighted by atomic mass is 32.2. The number of nitrogens with one attached hydrogen (secondary N) is 2. The van der Waals surface area contributed by atoms with Crippen LogP contribution in [0.5, 0.6) is 5.75 Å². The van der Waals surface area contributed by atoms with E-state index in [2.05, 4.69) is 10.3 Å². The van der Waals surface area contributed by atoms with Crippen molar-refractivity contribution in [3.8, 4) is 16.9 Å². The van der Waals surface area contributed by atoms with Gasteiger partial charge in [-0.25, -0.2) is 8.42 Å². The molecule has 5 nitrogen and oxygen atoms in total. The monoisotopic (exact) mass is 292 g/mol. The Morgan fingerprint density at radius 2 is 1.65 bits per heavy atom. The van der Waals surface area contributed by atoms with Crippen LogP contribution in [0, 0.1) is 0 Å². The van der Waals surface area contributed by atoms with E-state index in [1.54, 1.807) is 19.2 Å². The lowest BCUT2D eigenvalue weighted by Gasteiger charge is -2.10. The fraction of sp³-hybridized carbons (Fsp3) is 0.143. The molecule has 0 saturated carbocycles. The standard InChI is InChI=1S/C14H16N2O3S/c1-19-14-6-4-3-5-13(14)11-7-9-12(10-8-11)15-16-20(2,17)18/h3-10,15-16H,1-2H3. The molecule has 2 rings (SSSR count). The zero-order chi connectivity index (χ0) is 14.6. The van der Waals surface area contributed by atoms with E-state index in [0.717, 1.165) is 23.1 Å². The highest BCUT2D eigenvalue weighted by molar-refractivity contribution is 7.88. The first-order chi connectivity index (χ1) is 9.49. The van der Waals surface area contributed by atoms with E-state index < -0.39 is 10.0 Å². The van der Waals surface area contributed by atoms with Crippen LogP contribution in [0.3, 0.4) is 0 Å². The molecule has 20 heavy (non-hydrogen) atoms. The molecule has 0 unspecified atom stereocenters. The van der Waals surface area contributed by atoms with Crippen LogP contribution in [0.25, 0.3) is 11.1 Å². The number of hydrazine groups is 1. The summed E-state index contributed by atoms with van der Waals surface area (Å²) >= 11 is 0. The smallest absolute Gasteiger partial charge is 0.225 e. The molecule has 106 valence electrons. The summed E-state index contributed by atoms with van der Waals surface area (Å²) in [6, 6.07) is 15.1. The van der Waals surface area contributed by atoms with Crippen LogP contribution >= 0.6 is 0 Å². The minimum atomic E-state index is -3.28. The molecule has 2 N–H and O–H groups in total. The van der Waals surface area contributed by atoms with Gasteiger partial charge in [0.25, 0.3) is 0 Å². The maximum atomic E-state index is 11.0. The molecule has 0 bridgehead atoms. The van der Waals surface area contributed by atoms with Gasteiger partial charge in [-0.05, 0) is 23.8 Å². The Labute approximate surface area is 118 Å². The molecule has 0 aliphatic carbocycles. The van der Waals surface area contributed by atoms with Crippen LogP contribution in [0.2, 0.25) is 0 Å². The van der Waals surface area contributed by atoms with Crippen molar-refractivity contribution in [2.24, 2.45) is 0 Å². The zero-order valence-corrected chi connectivity index (χ0v) is 12.1. The molecule has 2 aromatic carbocycles. The van der Waals surface area contributed by atoms with E-state index in [1.165, 1.54) is 0 Å². The highest BCUT2D eigenvalue weighted by Gasteiger charge is 2.05. The van der Waals surface area contributed by atoms with Crippen molar-refractivity contribution >= 4 is 15.7 Å². The van der Waals surface area contributed by atoms with Crippen molar-refractivity contribution in [1.29, 1.82) is 0 Å². The van der Waals surface area contributed by atoms with E-state index in [-0.39, 0.29) is 0 Å². The van der Waals surface area contributed by atoms with Crippen molar-refractivity contribution < 1.29 is 13.2 Å². The molecule has 0 atom stereocenters. The summed E-state index contributed by atoms with van der Waals surface area (Å²) in [5.74, 6) is 0.794.